The first kappa shape index (κ1) is 16.5. The number of esters is 1. The molecule has 2 heterocycles. The van der Waals surface area contributed by atoms with Gasteiger partial charge in [-0.1, -0.05) is 22.8 Å². The lowest BCUT2D eigenvalue weighted by molar-refractivity contribution is -0.148. The van der Waals surface area contributed by atoms with Gasteiger partial charge in [-0.3, -0.25) is 0 Å². The van der Waals surface area contributed by atoms with Crippen LogP contribution >= 0.6 is 22.9 Å². The van der Waals surface area contributed by atoms with Crippen LogP contribution < -0.4 is 4.74 Å². The van der Waals surface area contributed by atoms with Crippen LogP contribution in [0.15, 0.2) is 40.2 Å². The van der Waals surface area contributed by atoms with Crippen molar-refractivity contribution in [1.82, 2.24) is 10.1 Å². The Morgan fingerprint density at radius 2 is 2.25 bits per heavy atom. The first-order valence-corrected chi connectivity index (χ1v) is 8.28. The number of nitrogens with zero attached hydrogens (tertiary/aromatic N) is 2. The Morgan fingerprint density at radius 1 is 1.38 bits per heavy atom. The zero-order valence-electron chi connectivity index (χ0n) is 12.7. The number of aryl methyl sites for hydroxylation is 1. The Balaban J connectivity index is 1.48. The number of ether oxygens (including phenoxy) is 2. The minimum Gasteiger partial charge on any atom is -0.482 e. The molecule has 0 N–H and O–H groups in total. The van der Waals surface area contributed by atoms with Gasteiger partial charge in [0.25, 0.3) is 5.89 Å². The highest BCUT2D eigenvalue weighted by Gasteiger charge is 2.12. The van der Waals surface area contributed by atoms with Crippen molar-refractivity contribution in [3.05, 3.63) is 52.2 Å². The molecule has 0 spiro atoms. The van der Waals surface area contributed by atoms with Crippen LogP contribution in [-0.2, 0) is 16.1 Å². The molecule has 3 aromatic rings. The second kappa shape index (κ2) is 7.46. The monoisotopic (exact) mass is 364 g/mol. The zero-order valence-corrected chi connectivity index (χ0v) is 14.3. The summed E-state index contributed by atoms with van der Waals surface area (Å²) in [6.45, 7) is 1.54. The fourth-order valence-corrected chi connectivity index (χ4v) is 2.62. The highest BCUT2D eigenvalue weighted by Crippen LogP contribution is 2.22. The molecule has 3 rings (SSSR count). The summed E-state index contributed by atoms with van der Waals surface area (Å²) >= 11 is 7.43. The summed E-state index contributed by atoms with van der Waals surface area (Å²) < 4.78 is 15.5. The van der Waals surface area contributed by atoms with Gasteiger partial charge in [0.05, 0.1) is 4.88 Å². The molecule has 0 amide bonds. The molecule has 2 aromatic heterocycles. The van der Waals surface area contributed by atoms with Gasteiger partial charge in [0.15, 0.2) is 13.2 Å². The molecular weight excluding hydrogens is 352 g/mol. The van der Waals surface area contributed by atoms with Crippen molar-refractivity contribution in [3.63, 3.8) is 0 Å². The summed E-state index contributed by atoms with van der Waals surface area (Å²) in [6.07, 6.45) is 0. The van der Waals surface area contributed by atoms with Crippen LogP contribution in [0.3, 0.4) is 0 Å². The van der Waals surface area contributed by atoms with E-state index in [0.29, 0.717) is 16.6 Å². The van der Waals surface area contributed by atoms with Gasteiger partial charge in [-0.2, -0.15) is 4.98 Å². The Bertz CT molecular complexity index is 832. The number of hydrogen-bond acceptors (Lipinski definition) is 7. The van der Waals surface area contributed by atoms with E-state index in [4.69, 9.17) is 25.6 Å². The second-order valence-corrected chi connectivity index (χ2v) is 6.20. The van der Waals surface area contributed by atoms with Crippen LogP contribution in [0, 0.1) is 6.92 Å². The quantitative estimate of drug-likeness (QED) is 0.618. The van der Waals surface area contributed by atoms with Gasteiger partial charge in [0.2, 0.25) is 5.82 Å². The Hall–Kier alpha value is -2.38. The maximum absolute atomic E-state index is 11.7. The number of carbonyl (C=O) groups is 1. The number of thiophene rings is 1. The smallest absolute Gasteiger partial charge is 0.344 e. The van der Waals surface area contributed by atoms with Gasteiger partial charge in [0.1, 0.15) is 5.75 Å². The summed E-state index contributed by atoms with van der Waals surface area (Å²) in [4.78, 5) is 16.8. The summed E-state index contributed by atoms with van der Waals surface area (Å²) in [7, 11) is 0. The summed E-state index contributed by atoms with van der Waals surface area (Å²) in [5.41, 5.74) is 0.870. The predicted octanol–water partition coefficient (Wildman–Crippen LogP) is 3.88. The van der Waals surface area contributed by atoms with Gasteiger partial charge >= 0.3 is 5.97 Å². The van der Waals surface area contributed by atoms with Gasteiger partial charge in [-0.25, -0.2) is 4.79 Å². The lowest BCUT2D eigenvalue weighted by atomic mass is 10.2. The van der Waals surface area contributed by atoms with Crippen molar-refractivity contribution in [1.29, 1.82) is 0 Å². The number of aromatic nitrogens is 2. The fourth-order valence-electron chi connectivity index (χ4n) is 1.85. The molecule has 124 valence electrons. The van der Waals surface area contributed by atoms with Crippen molar-refractivity contribution in [2.45, 2.75) is 13.5 Å². The van der Waals surface area contributed by atoms with Crippen molar-refractivity contribution in [3.8, 4) is 16.5 Å². The highest BCUT2D eigenvalue weighted by molar-refractivity contribution is 7.13. The predicted molar refractivity (Wildman–Crippen MR) is 89.1 cm³/mol. The van der Waals surface area contributed by atoms with E-state index < -0.39 is 5.97 Å². The minimum absolute atomic E-state index is 0.0970. The van der Waals surface area contributed by atoms with Gasteiger partial charge in [0, 0.05) is 5.02 Å². The average Bonchev–Trinajstić information content (AvgIpc) is 3.25. The van der Waals surface area contributed by atoms with Crippen LogP contribution in [0.2, 0.25) is 5.02 Å². The molecule has 0 saturated carbocycles. The van der Waals surface area contributed by atoms with E-state index in [9.17, 15) is 4.79 Å². The molecular formula is C16H13ClN2O4S. The molecule has 8 heteroatoms. The topological polar surface area (TPSA) is 74.5 Å². The number of hydrogen-bond donors (Lipinski definition) is 0. The van der Waals surface area contributed by atoms with E-state index in [1.165, 1.54) is 11.3 Å². The first-order chi connectivity index (χ1) is 11.6. The molecule has 0 atom stereocenters. The third-order valence-electron chi connectivity index (χ3n) is 3.05. The third kappa shape index (κ3) is 4.12. The van der Waals surface area contributed by atoms with Gasteiger partial charge in [-0.05, 0) is 42.1 Å². The second-order valence-electron chi connectivity index (χ2n) is 4.85. The van der Waals surface area contributed by atoms with E-state index in [-0.39, 0.29) is 19.1 Å². The fraction of sp³-hybridized carbons (Fsp3) is 0.188. The van der Waals surface area contributed by atoms with Gasteiger partial charge in [-0.15, -0.1) is 11.3 Å². The van der Waals surface area contributed by atoms with E-state index in [1.807, 2.05) is 24.4 Å². The van der Waals surface area contributed by atoms with Crippen LogP contribution in [0.25, 0.3) is 10.7 Å². The molecule has 0 aliphatic carbocycles. The van der Waals surface area contributed by atoms with E-state index in [1.54, 1.807) is 18.2 Å². The van der Waals surface area contributed by atoms with Crippen LogP contribution in [0.1, 0.15) is 11.5 Å². The Morgan fingerprint density at radius 3 is 3.00 bits per heavy atom. The summed E-state index contributed by atoms with van der Waals surface area (Å²) in [5, 5.41) is 6.40. The molecule has 0 fully saturated rings. The molecule has 24 heavy (non-hydrogen) atoms. The lowest BCUT2D eigenvalue weighted by Crippen LogP contribution is -2.14. The normalized spacial score (nSPS) is 10.6. The number of benzene rings is 1. The van der Waals surface area contributed by atoms with Crippen molar-refractivity contribution >= 4 is 28.9 Å². The Kier molecular flexibility index (Phi) is 5.12. The highest BCUT2D eigenvalue weighted by atomic mass is 35.5. The molecule has 0 unspecified atom stereocenters. The third-order valence-corrected chi connectivity index (χ3v) is 4.34. The minimum atomic E-state index is -0.529. The first-order valence-electron chi connectivity index (χ1n) is 7.03. The average molecular weight is 365 g/mol. The summed E-state index contributed by atoms with van der Waals surface area (Å²) in [5.74, 6) is 0.725. The maximum Gasteiger partial charge on any atom is 0.344 e. The van der Waals surface area contributed by atoms with E-state index in [2.05, 4.69) is 10.1 Å². The molecule has 0 radical (unpaired) electrons. The molecule has 0 saturated heterocycles. The molecule has 0 aliphatic heterocycles. The standard InChI is InChI=1S/C16H13ClN2O4S/c1-10-7-11(4-5-12(10)17)21-9-15(20)22-8-14-18-16(19-23-14)13-3-2-6-24-13/h2-7H,8-9H2,1H3. The largest absolute Gasteiger partial charge is 0.482 e. The maximum atomic E-state index is 11.7. The van der Waals surface area contributed by atoms with Crippen molar-refractivity contribution in [2.24, 2.45) is 0 Å². The molecule has 6 nitrogen and oxygen atoms in total. The number of halogens is 1. The molecule has 1 aromatic carbocycles. The zero-order chi connectivity index (χ0) is 16.9. The molecule has 0 aliphatic rings. The number of carbonyl (C=O) groups excluding carboxylic acids is 1. The van der Waals surface area contributed by atoms with Gasteiger partial charge < -0.3 is 14.0 Å². The van der Waals surface area contributed by atoms with Crippen LogP contribution in [-0.4, -0.2) is 22.7 Å². The SMILES string of the molecule is Cc1cc(OCC(=O)OCc2nc(-c3cccs3)no2)ccc1Cl. The van der Waals surface area contributed by atoms with E-state index >= 15 is 0 Å². The summed E-state index contributed by atoms with van der Waals surface area (Å²) in [6, 6.07) is 8.93. The van der Waals surface area contributed by atoms with E-state index in [0.717, 1.165) is 10.4 Å². The molecule has 0 bridgehead atoms. The Labute approximate surface area is 147 Å². The van der Waals surface area contributed by atoms with Crippen LogP contribution in [0.4, 0.5) is 0 Å². The van der Waals surface area contributed by atoms with Crippen molar-refractivity contribution < 1.29 is 18.8 Å². The lowest BCUT2D eigenvalue weighted by Gasteiger charge is -2.07. The number of rotatable bonds is 6. The van der Waals surface area contributed by atoms with Crippen LogP contribution in [0.5, 0.6) is 5.75 Å². The van der Waals surface area contributed by atoms with Crippen molar-refractivity contribution in [2.75, 3.05) is 6.61 Å².